The lowest BCUT2D eigenvalue weighted by molar-refractivity contribution is -0.274. The fourth-order valence-electron chi connectivity index (χ4n) is 4.29. The number of aryl methyl sites for hydroxylation is 3. The highest BCUT2D eigenvalue weighted by atomic mass is 19.4. The summed E-state index contributed by atoms with van der Waals surface area (Å²) in [5, 5.41) is 1.10. The number of fused-ring (bicyclic) bond motifs is 1. The molecule has 0 bridgehead atoms. The van der Waals surface area contributed by atoms with Crippen molar-refractivity contribution in [2.45, 2.75) is 38.7 Å². The van der Waals surface area contributed by atoms with E-state index in [0.29, 0.717) is 41.2 Å². The van der Waals surface area contributed by atoms with Crippen molar-refractivity contribution in [1.29, 1.82) is 0 Å². The van der Waals surface area contributed by atoms with E-state index in [1.807, 2.05) is 0 Å². The van der Waals surface area contributed by atoms with E-state index in [-0.39, 0.29) is 30.2 Å². The third-order valence-corrected chi connectivity index (χ3v) is 6.11. The molecular weight excluding hydrogens is 494 g/mol. The molecule has 0 unspecified atom stereocenters. The van der Waals surface area contributed by atoms with Crippen LogP contribution in [0.25, 0.3) is 10.8 Å². The lowest BCUT2D eigenvalue weighted by Crippen LogP contribution is -2.17. The van der Waals surface area contributed by atoms with Crippen molar-refractivity contribution < 1.29 is 35.8 Å². The lowest BCUT2D eigenvalue weighted by atomic mass is 9.97. The average molecular weight is 518 g/mol. The predicted octanol–water partition coefficient (Wildman–Crippen LogP) is 7.87. The highest BCUT2D eigenvalue weighted by molar-refractivity contribution is 5.84. The standard InChI is InChI=1S/C29H24F6O2/c1-36-17-20-15-26(30)25(27(31)16-20)13-6-19-5-12-24-22(14-19)9-8-21(28(24)32)7-2-18-3-10-23(11-4-18)37-29(33,34)35/h3-5,8-12,14-16H,2,6-7,13,17H2,1H3. The number of hydrogen-bond acceptors (Lipinski definition) is 2. The molecule has 0 spiro atoms. The first-order valence-electron chi connectivity index (χ1n) is 11.6. The zero-order chi connectivity index (χ0) is 26.6. The summed E-state index contributed by atoms with van der Waals surface area (Å²) in [4.78, 5) is 0. The summed E-state index contributed by atoms with van der Waals surface area (Å²) in [6, 6.07) is 16.7. The number of hydrogen-bond donors (Lipinski definition) is 0. The minimum atomic E-state index is -4.75. The smallest absolute Gasteiger partial charge is 0.406 e. The predicted molar refractivity (Wildman–Crippen MR) is 129 cm³/mol. The zero-order valence-corrected chi connectivity index (χ0v) is 20.0. The van der Waals surface area contributed by atoms with Crippen molar-refractivity contribution in [1.82, 2.24) is 0 Å². The molecule has 0 atom stereocenters. The van der Waals surface area contributed by atoms with E-state index >= 15 is 4.39 Å². The fraction of sp³-hybridized carbons (Fsp3) is 0.241. The molecule has 37 heavy (non-hydrogen) atoms. The number of alkyl halides is 3. The summed E-state index contributed by atoms with van der Waals surface area (Å²) in [7, 11) is 1.45. The van der Waals surface area contributed by atoms with Crippen molar-refractivity contribution in [2.75, 3.05) is 7.11 Å². The molecule has 4 aromatic carbocycles. The Balaban J connectivity index is 1.42. The van der Waals surface area contributed by atoms with Gasteiger partial charge in [0.2, 0.25) is 0 Å². The first kappa shape index (κ1) is 26.5. The maximum Gasteiger partial charge on any atom is 0.573 e. The number of rotatable bonds is 9. The van der Waals surface area contributed by atoms with Crippen LogP contribution >= 0.6 is 0 Å². The van der Waals surface area contributed by atoms with Crippen LogP contribution in [-0.4, -0.2) is 13.5 Å². The highest BCUT2D eigenvalue weighted by Gasteiger charge is 2.30. The molecule has 2 nitrogen and oxygen atoms in total. The van der Waals surface area contributed by atoms with E-state index in [2.05, 4.69) is 4.74 Å². The van der Waals surface area contributed by atoms with Gasteiger partial charge in [0.1, 0.15) is 23.2 Å². The van der Waals surface area contributed by atoms with E-state index in [1.165, 1.54) is 43.5 Å². The normalized spacial score (nSPS) is 11.8. The molecule has 0 radical (unpaired) electrons. The van der Waals surface area contributed by atoms with Crippen molar-refractivity contribution in [3.8, 4) is 5.75 Å². The molecule has 194 valence electrons. The molecule has 0 aromatic heterocycles. The van der Waals surface area contributed by atoms with Crippen LogP contribution in [0.5, 0.6) is 5.75 Å². The third-order valence-electron chi connectivity index (χ3n) is 6.11. The Bertz CT molecular complexity index is 1360. The monoisotopic (exact) mass is 518 g/mol. The molecule has 0 aliphatic rings. The SMILES string of the molecule is COCc1cc(F)c(CCc2ccc3c(F)c(CCc4ccc(OC(F)(F)F)cc4)ccc3c2)c(F)c1. The van der Waals surface area contributed by atoms with Crippen LogP contribution in [0.3, 0.4) is 0 Å². The molecule has 4 rings (SSSR count). The van der Waals surface area contributed by atoms with Gasteiger partial charge in [0.15, 0.2) is 0 Å². The van der Waals surface area contributed by atoms with Gasteiger partial charge in [0.25, 0.3) is 0 Å². The molecule has 0 saturated heterocycles. The largest absolute Gasteiger partial charge is 0.573 e. The number of halogens is 6. The first-order chi connectivity index (χ1) is 17.6. The molecule has 0 aliphatic carbocycles. The summed E-state index contributed by atoms with van der Waals surface area (Å²) < 4.78 is 89.6. The second-order valence-corrected chi connectivity index (χ2v) is 8.76. The van der Waals surface area contributed by atoms with E-state index in [0.717, 1.165) is 11.1 Å². The molecular formula is C29H24F6O2. The lowest BCUT2D eigenvalue weighted by Gasteiger charge is -2.11. The molecule has 0 fully saturated rings. The van der Waals surface area contributed by atoms with Gasteiger partial charge >= 0.3 is 6.36 Å². The molecule has 0 amide bonds. The van der Waals surface area contributed by atoms with Crippen LogP contribution in [0, 0.1) is 17.5 Å². The summed E-state index contributed by atoms with van der Waals surface area (Å²) >= 11 is 0. The Hall–Kier alpha value is -3.52. The molecule has 0 aliphatic heterocycles. The van der Waals surface area contributed by atoms with Crippen molar-refractivity contribution in [3.63, 3.8) is 0 Å². The molecule has 0 saturated carbocycles. The quantitative estimate of drug-likeness (QED) is 0.210. The van der Waals surface area contributed by atoms with E-state index in [9.17, 15) is 22.0 Å². The topological polar surface area (TPSA) is 18.5 Å². The Morgan fingerprint density at radius 3 is 1.97 bits per heavy atom. The van der Waals surface area contributed by atoms with Crippen molar-refractivity contribution in [2.24, 2.45) is 0 Å². The van der Waals surface area contributed by atoms with Crippen LogP contribution in [0.1, 0.15) is 27.8 Å². The van der Waals surface area contributed by atoms with Gasteiger partial charge in [0.05, 0.1) is 6.61 Å². The molecule has 8 heteroatoms. The van der Waals surface area contributed by atoms with E-state index in [1.54, 1.807) is 30.3 Å². The van der Waals surface area contributed by atoms with Crippen LogP contribution in [-0.2, 0) is 37.0 Å². The number of benzene rings is 4. The van der Waals surface area contributed by atoms with Crippen LogP contribution in [0.2, 0.25) is 0 Å². The molecule has 0 heterocycles. The minimum Gasteiger partial charge on any atom is -0.406 e. The Morgan fingerprint density at radius 1 is 0.676 bits per heavy atom. The van der Waals surface area contributed by atoms with Gasteiger partial charge in [-0.3, -0.25) is 0 Å². The Labute approximate surface area is 210 Å². The van der Waals surface area contributed by atoms with Crippen LogP contribution in [0.4, 0.5) is 26.3 Å². The molecule has 4 aromatic rings. The van der Waals surface area contributed by atoms with E-state index in [4.69, 9.17) is 4.74 Å². The van der Waals surface area contributed by atoms with Gasteiger partial charge in [-0.2, -0.15) is 0 Å². The van der Waals surface area contributed by atoms with Crippen molar-refractivity contribution >= 4 is 10.8 Å². The maximum atomic E-state index is 15.2. The van der Waals surface area contributed by atoms with Crippen LogP contribution in [0.15, 0.2) is 66.7 Å². The minimum absolute atomic E-state index is 0.000482. The average Bonchev–Trinajstić information content (AvgIpc) is 2.83. The number of ether oxygens (including phenoxy) is 2. The maximum absolute atomic E-state index is 15.2. The number of methoxy groups -OCH3 is 1. The van der Waals surface area contributed by atoms with Crippen LogP contribution < -0.4 is 4.74 Å². The second-order valence-electron chi connectivity index (χ2n) is 8.76. The van der Waals surface area contributed by atoms with Gasteiger partial charge in [-0.1, -0.05) is 42.5 Å². The summed E-state index contributed by atoms with van der Waals surface area (Å²) in [6.07, 6.45) is -3.42. The Kier molecular flexibility index (Phi) is 8.07. The summed E-state index contributed by atoms with van der Waals surface area (Å²) in [6.45, 7) is 0.121. The van der Waals surface area contributed by atoms with Gasteiger partial charge in [-0.05, 0) is 77.6 Å². The zero-order valence-electron chi connectivity index (χ0n) is 20.0. The summed E-state index contributed by atoms with van der Waals surface area (Å²) in [5.41, 5.74) is 2.47. The van der Waals surface area contributed by atoms with Gasteiger partial charge in [-0.25, -0.2) is 13.2 Å². The second kappa shape index (κ2) is 11.3. The van der Waals surface area contributed by atoms with E-state index < -0.39 is 18.0 Å². The fourth-order valence-corrected chi connectivity index (χ4v) is 4.29. The van der Waals surface area contributed by atoms with Gasteiger partial charge in [-0.15, -0.1) is 13.2 Å². The van der Waals surface area contributed by atoms with Gasteiger partial charge < -0.3 is 9.47 Å². The third kappa shape index (κ3) is 6.83. The van der Waals surface area contributed by atoms with Gasteiger partial charge in [0, 0.05) is 18.1 Å². The van der Waals surface area contributed by atoms with Crippen molar-refractivity contribution in [3.05, 3.63) is 112 Å². The first-order valence-corrected chi connectivity index (χ1v) is 11.6. The highest BCUT2D eigenvalue weighted by Crippen LogP contribution is 2.26. The molecule has 0 N–H and O–H groups in total. The Morgan fingerprint density at radius 2 is 1.32 bits per heavy atom. The summed E-state index contributed by atoms with van der Waals surface area (Å²) in [5.74, 6) is -1.92.